The molecule has 0 fully saturated rings. The topological polar surface area (TPSA) is 58.4 Å². The smallest absolute Gasteiger partial charge is 0.354 e. The molecule has 0 saturated heterocycles. The van der Waals surface area contributed by atoms with E-state index in [0.717, 1.165) is 18.7 Å². The Hall–Kier alpha value is -2.30. The fourth-order valence-electron chi connectivity index (χ4n) is 2.73. The van der Waals surface area contributed by atoms with Gasteiger partial charge in [0.1, 0.15) is 5.69 Å². The Balaban J connectivity index is 1.84. The van der Waals surface area contributed by atoms with Gasteiger partial charge in [-0.15, -0.1) is 0 Å². The minimum atomic E-state index is -0.924. The molecule has 0 saturated carbocycles. The molecule has 2 aromatic rings. The molecular formula is C15H17N3O2. The molecule has 2 heterocycles. The van der Waals surface area contributed by atoms with Crippen molar-refractivity contribution >= 4 is 11.7 Å². The van der Waals surface area contributed by atoms with Crippen LogP contribution in [0.5, 0.6) is 0 Å². The summed E-state index contributed by atoms with van der Waals surface area (Å²) >= 11 is 0. The normalized spacial score (nSPS) is 13.6. The van der Waals surface area contributed by atoms with E-state index in [1.54, 1.807) is 10.7 Å². The third-order valence-electron chi connectivity index (χ3n) is 3.69. The molecule has 0 bridgehead atoms. The van der Waals surface area contributed by atoms with Crippen LogP contribution in [-0.4, -0.2) is 27.4 Å². The van der Waals surface area contributed by atoms with E-state index in [4.69, 9.17) is 5.11 Å². The number of anilines is 1. The molecule has 0 radical (unpaired) electrons. The predicted octanol–water partition coefficient (Wildman–Crippen LogP) is 2.16. The number of aromatic carboxylic acids is 1. The number of benzene rings is 1. The van der Waals surface area contributed by atoms with E-state index in [-0.39, 0.29) is 5.69 Å². The fourth-order valence-corrected chi connectivity index (χ4v) is 2.73. The van der Waals surface area contributed by atoms with Crippen LogP contribution in [0.1, 0.15) is 28.7 Å². The number of para-hydroxylation sites is 1. The number of aryl methyl sites for hydroxylation is 1. The van der Waals surface area contributed by atoms with E-state index >= 15 is 0 Å². The summed E-state index contributed by atoms with van der Waals surface area (Å²) in [5, 5.41) is 13.5. The second-order valence-corrected chi connectivity index (χ2v) is 4.94. The first-order valence-electron chi connectivity index (χ1n) is 6.82. The number of hydrogen-bond donors (Lipinski definition) is 1. The van der Waals surface area contributed by atoms with Gasteiger partial charge in [-0.05, 0) is 31.0 Å². The molecule has 0 spiro atoms. The summed E-state index contributed by atoms with van der Waals surface area (Å²) in [5.74, 6) is -0.924. The highest BCUT2D eigenvalue weighted by atomic mass is 16.4. The van der Waals surface area contributed by atoms with Gasteiger partial charge in [0.15, 0.2) is 0 Å². The molecule has 0 unspecified atom stereocenters. The van der Waals surface area contributed by atoms with Gasteiger partial charge in [-0.1, -0.05) is 18.2 Å². The van der Waals surface area contributed by atoms with E-state index in [1.165, 1.54) is 11.3 Å². The number of rotatable bonds is 4. The van der Waals surface area contributed by atoms with Gasteiger partial charge in [-0.3, -0.25) is 4.68 Å². The summed E-state index contributed by atoms with van der Waals surface area (Å²) in [7, 11) is 0. The quantitative estimate of drug-likeness (QED) is 0.925. The standard InChI is InChI=1S/C15H17N3O2/c1-2-18-14(15(19)20)9-12(16-18)10-17-8-7-11-5-3-4-6-13(11)17/h3-6,9H,2,7-8,10H2,1H3,(H,19,20). The maximum Gasteiger partial charge on any atom is 0.354 e. The van der Waals surface area contributed by atoms with E-state index < -0.39 is 5.97 Å². The number of aromatic nitrogens is 2. The Kier molecular flexibility index (Phi) is 3.18. The number of nitrogens with zero attached hydrogens (tertiary/aromatic N) is 3. The molecule has 5 heteroatoms. The van der Waals surface area contributed by atoms with Gasteiger partial charge in [-0.2, -0.15) is 5.10 Å². The monoisotopic (exact) mass is 271 g/mol. The lowest BCUT2D eigenvalue weighted by atomic mass is 10.2. The number of carboxylic acids is 1. The summed E-state index contributed by atoms with van der Waals surface area (Å²) in [4.78, 5) is 13.4. The van der Waals surface area contributed by atoms with Gasteiger partial charge < -0.3 is 10.0 Å². The fraction of sp³-hybridized carbons (Fsp3) is 0.333. The van der Waals surface area contributed by atoms with Gasteiger partial charge >= 0.3 is 5.97 Å². The molecule has 1 aliphatic rings. The van der Waals surface area contributed by atoms with Crippen molar-refractivity contribution in [1.82, 2.24) is 9.78 Å². The minimum Gasteiger partial charge on any atom is -0.477 e. The number of carboxylic acid groups (broad SMARTS) is 1. The van der Waals surface area contributed by atoms with Gasteiger partial charge in [0.05, 0.1) is 12.2 Å². The Morgan fingerprint density at radius 1 is 1.40 bits per heavy atom. The third kappa shape index (κ3) is 2.15. The molecule has 0 amide bonds. The maximum absolute atomic E-state index is 11.2. The molecule has 3 rings (SSSR count). The average Bonchev–Trinajstić information content (AvgIpc) is 3.04. The molecule has 0 aliphatic carbocycles. The van der Waals surface area contributed by atoms with Crippen molar-refractivity contribution in [2.75, 3.05) is 11.4 Å². The zero-order valence-corrected chi connectivity index (χ0v) is 11.4. The first-order chi connectivity index (χ1) is 9.69. The Labute approximate surface area is 117 Å². The Morgan fingerprint density at radius 2 is 2.20 bits per heavy atom. The molecule has 5 nitrogen and oxygen atoms in total. The zero-order valence-electron chi connectivity index (χ0n) is 11.4. The SMILES string of the molecule is CCn1nc(CN2CCc3ccccc32)cc1C(=O)O. The van der Waals surface area contributed by atoms with Gasteiger partial charge in [-0.25, -0.2) is 4.79 Å². The summed E-state index contributed by atoms with van der Waals surface area (Å²) in [6.45, 7) is 4.08. The molecule has 0 atom stereocenters. The first-order valence-corrected chi connectivity index (χ1v) is 6.82. The summed E-state index contributed by atoms with van der Waals surface area (Å²) in [5.41, 5.74) is 3.65. The van der Waals surface area contributed by atoms with Crippen molar-refractivity contribution in [3.63, 3.8) is 0 Å². The number of hydrogen-bond acceptors (Lipinski definition) is 3. The van der Waals surface area contributed by atoms with Crippen molar-refractivity contribution in [3.05, 3.63) is 47.3 Å². The van der Waals surface area contributed by atoms with E-state index in [2.05, 4.69) is 28.2 Å². The summed E-state index contributed by atoms with van der Waals surface area (Å²) in [6, 6.07) is 10.0. The van der Waals surface area contributed by atoms with Gasteiger partial charge in [0.25, 0.3) is 0 Å². The van der Waals surface area contributed by atoms with Crippen LogP contribution in [0, 0.1) is 0 Å². The van der Waals surface area contributed by atoms with E-state index in [0.29, 0.717) is 13.1 Å². The van der Waals surface area contributed by atoms with Crippen LogP contribution >= 0.6 is 0 Å². The van der Waals surface area contributed by atoms with Crippen LogP contribution in [0.4, 0.5) is 5.69 Å². The lowest BCUT2D eigenvalue weighted by Crippen LogP contribution is -2.20. The van der Waals surface area contributed by atoms with Crippen LogP contribution in [0.3, 0.4) is 0 Å². The van der Waals surface area contributed by atoms with Crippen molar-refractivity contribution in [2.24, 2.45) is 0 Å². The maximum atomic E-state index is 11.2. The molecule has 20 heavy (non-hydrogen) atoms. The highest BCUT2D eigenvalue weighted by Gasteiger charge is 2.21. The first kappa shape index (κ1) is 12.7. The van der Waals surface area contributed by atoms with Crippen molar-refractivity contribution in [3.8, 4) is 0 Å². The van der Waals surface area contributed by atoms with Crippen LogP contribution < -0.4 is 4.90 Å². The minimum absolute atomic E-state index is 0.259. The second-order valence-electron chi connectivity index (χ2n) is 4.94. The largest absolute Gasteiger partial charge is 0.477 e. The summed E-state index contributed by atoms with van der Waals surface area (Å²) in [6.07, 6.45) is 1.04. The van der Waals surface area contributed by atoms with Crippen molar-refractivity contribution in [2.45, 2.75) is 26.4 Å². The molecule has 1 aromatic carbocycles. The number of carbonyl (C=O) groups is 1. The highest BCUT2D eigenvalue weighted by molar-refractivity contribution is 5.85. The highest BCUT2D eigenvalue weighted by Crippen LogP contribution is 2.28. The Bertz CT molecular complexity index is 648. The van der Waals surface area contributed by atoms with Crippen LogP contribution in [0.25, 0.3) is 0 Å². The molecule has 1 aliphatic heterocycles. The second kappa shape index (κ2) is 5.00. The van der Waals surface area contributed by atoms with Crippen molar-refractivity contribution < 1.29 is 9.90 Å². The molecule has 1 N–H and O–H groups in total. The van der Waals surface area contributed by atoms with Gasteiger partial charge in [0, 0.05) is 18.8 Å². The predicted molar refractivity (Wildman–Crippen MR) is 76.1 cm³/mol. The van der Waals surface area contributed by atoms with E-state index in [9.17, 15) is 4.79 Å². The van der Waals surface area contributed by atoms with Crippen LogP contribution in [0.2, 0.25) is 0 Å². The Morgan fingerprint density at radius 3 is 2.90 bits per heavy atom. The molecule has 104 valence electrons. The van der Waals surface area contributed by atoms with Crippen LogP contribution in [0.15, 0.2) is 30.3 Å². The van der Waals surface area contributed by atoms with Crippen LogP contribution in [-0.2, 0) is 19.5 Å². The molecular weight excluding hydrogens is 254 g/mol. The lowest BCUT2D eigenvalue weighted by Gasteiger charge is -2.17. The van der Waals surface area contributed by atoms with Crippen molar-refractivity contribution in [1.29, 1.82) is 0 Å². The molecule has 1 aromatic heterocycles. The number of fused-ring (bicyclic) bond motifs is 1. The van der Waals surface area contributed by atoms with Gasteiger partial charge in [0.2, 0.25) is 0 Å². The zero-order chi connectivity index (χ0) is 14.1. The van der Waals surface area contributed by atoms with E-state index in [1.807, 2.05) is 13.0 Å². The lowest BCUT2D eigenvalue weighted by molar-refractivity contribution is 0.0683. The average molecular weight is 271 g/mol. The summed E-state index contributed by atoms with van der Waals surface area (Å²) < 4.78 is 1.54. The third-order valence-corrected chi connectivity index (χ3v) is 3.69.